The molecule has 78 valence electrons. The number of rotatable bonds is 3. The highest BCUT2D eigenvalue weighted by atomic mass is 16.5. The lowest BCUT2D eigenvalue weighted by atomic mass is 9.95. The second-order valence-electron chi connectivity index (χ2n) is 4.16. The number of hydrogen-bond donors (Lipinski definition) is 1. The van der Waals surface area contributed by atoms with Gasteiger partial charge in [-0.3, -0.25) is 9.59 Å². The lowest BCUT2D eigenvalue weighted by Gasteiger charge is -2.19. The molecule has 0 aromatic carbocycles. The summed E-state index contributed by atoms with van der Waals surface area (Å²) >= 11 is 0. The zero-order valence-electron chi connectivity index (χ0n) is 8.29. The number of carbonyl (C=O) groups excluding carboxylic acids is 2. The predicted molar refractivity (Wildman–Crippen MR) is 49.7 cm³/mol. The molecule has 1 amide bonds. The standard InChI is InChI=1S/C10H15NO3/c1-6(12)4-10(13)11-8-5-7-2-3-9(8)14-7/h7-9H,2-5H2,1H3,(H,11,13). The number of fused-ring (bicyclic) bond motifs is 2. The molecule has 1 N–H and O–H groups in total. The number of ether oxygens (including phenoxy) is 1. The Morgan fingerprint density at radius 3 is 2.71 bits per heavy atom. The average molecular weight is 197 g/mol. The highest BCUT2D eigenvalue weighted by molar-refractivity contribution is 5.96. The number of hydrogen-bond acceptors (Lipinski definition) is 3. The molecule has 0 aromatic rings. The van der Waals surface area contributed by atoms with Gasteiger partial charge in [0.25, 0.3) is 0 Å². The molecule has 0 aromatic heterocycles. The third-order valence-corrected chi connectivity index (χ3v) is 2.86. The van der Waals surface area contributed by atoms with Crippen molar-refractivity contribution in [1.29, 1.82) is 0 Å². The van der Waals surface area contributed by atoms with E-state index in [1.807, 2.05) is 0 Å². The zero-order chi connectivity index (χ0) is 10.1. The predicted octanol–water partition coefficient (Wildman–Crippen LogP) is 0.402. The Labute approximate surface area is 83.0 Å². The minimum atomic E-state index is -0.168. The molecule has 2 rings (SSSR count). The molecule has 2 saturated heterocycles. The van der Waals surface area contributed by atoms with Crippen LogP contribution in [0, 0.1) is 0 Å². The first-order valence-corrected chi connectivity index (χ1v) is 5.09. The van der Waals surface area contributed by atoms with Crippen LogP contribution in [0.1, 0.15) is 32.6 Å². The average Bonchev–Trinajstić information content (AvgIpc) is 2.62. The largest absolute Gasteiger partial charge is 0.373 e. The molecule has 0 spiro atoms. The maximum Gasteiger partial charge on any atom is 0.227 e. The minimum Gasteiger partial charge on any atom is -0.373 e. The smallest absolute Gasteiger partial charge is 0.227 e. The molecular weight excluding hydrogens is 182 g/mol. The first-order chi connectivity index (χ1) is 6.65. The van der Waals surface area contributed by atoms with Gasteiger partial charge >= 0.3 is 0 Å². The number of nitrogens with one attached hydrogen (secondary N) is 1. The summed E-state index contributed by atoms with van der Waals surface area (Å²) < 4.78 is 5.59. The zero-order valence-corrected chi connectivity index (χ0v) is 8.29. The summed E-state index contributed by atoms with van der Waals surface area (Å²) in [6.07, 6.45) is 3.58. The van der Waals surface area contributed by atoms with Gasteiger partial charge in [0.05, 0.1) is 24.7 Å². The van der Waals surface area contributed by atoms with Gasteiger partial charge in [-0.2, -0.15) is 0 Å². The molecule has 0 aliphatic carbocycles. The maximum absolute atomic E-state index is 11.3. The van der Waals surface area contributed by atoms with Crippen LogP contribution in [0.2, 0.25) is 0 Å². The van der Waals surface area contributed by atoms with E-state index in [0.29, 0.717) is 6.10 Å². The maximum atomic E-state index is 11.3. The van der Waals surface area contributed by atoms with E-state index in [1.165, 1.54) is 6.92 Å². The van der Waals surface area contributed by atoms with Crippen molar-refractivity contribution in [2.45, 2.75) is 50.9 Å². The fraction of sp³-hybridized carbons (Fsp3) is 0.800. The van der Waals surface area contributed by atoms with E-state index in [0.717, 1.165) is 19.3 Å². The van der Waals surface area contributed by atoms with Crippen molar-refractivity contribution in [3.05, 3.63) is 0 Å². The Morgan fingerprint density at radius 1 is 1.43 bits per heavy atom. The van der Waals surface area contributed by atoms with Crippen molar-refractivity contribution in [2.75, 3.05) is 0 Å². The van der Waals surface area contributed by atoms with Crippen molar-refractivity contribution < 1.29 is 14.3 Å². The van der Waals surface area contributed by atoms with E-state index in [9.17, 15) is 9.59 Å². The summed E-state index contributed by atoms with van der Waals surface area (Å²) in [5.74, 6) is -0.259. The van der Waals surface area contributed by atoms with E-state index < -0.39 is 0 Å². The highest BCUT2D eigenvalue weighted by Gasteiger charge is 2.41. The summed E-state index contributed by atoms with van der Waals surface area (Å²) in [5.41, 5.74) is 0. The normalized spacial score (nSPS) is 34.5. The van der Waals surface area contributed by atoms with Crippen molar-refractivity contribution in [2.24, 2.45) is 0 Å². The van der Waals surface area contributed by atoms with E-state index >= 15 is 0 Å². The number of amides is 1. The molecule has 2 fully saturated rings. The molecule has 2 aliphatic rings. The fourth-order valence-electron chi connectivity index (χ4n) is 2.27. The number of carbonyl (C=O) groups is 2. The van der Waals surface area contributed by atoms with E-state index in [4.69, 9.17) is 4.74 Å². The topological polar surface area (TPSA) is 55.4 Å². The van der Waals surface area contributed by atoms with Crippen LogP contribution in [0.4, 0.5) is 0 Å². The van der Waals surface area contributed by atoms with Crippen LogP contribution in [0.25, 0.3) is 0 Å². The van der Waals surface area contributed by atoms with Crippen LogP contribution in [-0.2, 0) is 14.3 Å². The Balaban J connectivity index is 1.81. The molecule has 2 heterocycles. The summed E-state index contributed by atoms with van der Waals surface area (Å²) in [6.45, 7) is 1.43. The molecular formula is C10H15NO3. The van der Waals surface area contributed by atoms with E-state index in [1.54, 1.807) is 0 Å². The van der Waals surface area contributed by atoms with Gasteiger partial charge in [-0.25, -0.2) is 0 Å². The molecule has 3 atom stereocenters. The third kappa shape index (κ3) is 1.95. The summed E-state index contributed by atoms with van der Waals surface area (Å²) in [4.78, 5) is 22.0. The monoisotopic (exact) mass is 197 g/mol. The van der Waals surface area contributed by atoms with Crippen LogP contribution < -0.4 is 5.32 Å². The fourth-order valence-corrected chi connectivity index (χ4v) is 2.27. The first kappa shape index (κ1) is 9.65. The second-order valence-corrected chi connectivity index (χ2v) is 4.16. The molecule has 4 nitrogen and oxygen atoms in total. The van der Waals surface area contributed by atoms with Crippen LogP contribution in [0.5, 0.6) is 0 Å². The lowest BCUT2D eigenvalue weighted by molar-refractivity contribution is -0.127. The van der Waals surface area contributed by atoms with Gasteiger partial charge in [0, 0.05) is 0 Å². The Kier molecular flexibility index (Phi) is 2.54. The van der Waals surface area contributed by atoms with Gasteiger partial charge in [0.1, 0.15) is 5.78 Å². The minimum absolute atomic E-state index is 0.00606. The third-order valence-electron chi connectivity index (χ3n) is 2.86. The molecule has 4 heteroatoms. The van der Waals surface area contributed by atoms with Crippen molar-refractivity contribution in [3.63, 3.8) is 0 Å². The van der Waals surface area contributed by atoms with Crippen molar-refractivity contribution in [1.82, 2.24) is 5.32 Å². The van der Waals surface area contributed by atoms with Gasteiger partial charge in [-0.15, -0.1) is 0 Å². The molecule has 14 heavy (non-hydrogen) atoms. The summed E-state index contributed by atoms with van der Waals surface area (Å²) in [5, 5.41) is 2.86. The van der Waals surface area contributed by atoms with Gasteiger partial charge in [-0.05, 0) is 26.2 Å². The van der Waals surface area contributed by atoms with Crippen LogP contribution in [0.15, 0.2) is 0 Å². The van der Waals surface area contributed by atoms with Crippen molar-refractivity contribution in [3.8, 4) is 0 Å². The van der Waals surface area contributed by atoms with Crippen LogP contribution in [-0.4, -0.2) is 29.9 Å². The summed E-state index contributed by atoms with van der Waals surface area (Å²) in [7, 11) is 0. The number of Topliss-reactive ketones (excluding diaryl/α,β-unsaturated/α-hetero) is 1. The van der Waals surface area contributed by atoms with Crippen molar-refractivity contribution >= 4 is 11.7 Å². The number of ketones is 1. The Bertz CT molecular complexity index is 264. The van der Waals surface area contributed by atoms with E-state index in [-0.39, 0.29) is 30.3 Å². The summed E-state index contributed by atoms with van der Waals surface area (Å²) in [6, 6.07) is 0.139. The lowest BCUT2D eigenvalue weighted by Crippen LogP contribution is -2.41. The van der Waals surface area contributed by atoms with E-state index in [2.05, 4.69) is 5.32 Å². The molecule has 2 aliphatic heterocycles. The quantitative estimate of drug-likeness (QED) is 0.666. The molecule has 0 saturated carbocycles. The molecule has 0 radical (unpaired) electrons. The first-order valence-electron chi connectivity index (χ1n) is 5.09. The van der Waals surface area contributed by atoms with Gasteiger partial charge < -0.3 is 10.1 Å². The van der Waals surface area contributed by atoms with Crippen LogP contribution in [0.3, 0.4) is 0 Å². The van der Waals surface area contributed by atoms with Gasteiger partial charge in [-0.1, -0.05) is 0 Å². The Hall–Kier alpha value is -0.900. The van der Waals surface area contributed by atoms with Crippen LogP contribution >= 0.6 is 0 Å². The highest BCUT2D eigenvalue weighted by Crippen LogP contribution is 2.34. The SMILES string of the molecule is CC(=O)CC(=O)NC1CC2CCC1O2. The molecule has 3 unspecified atom stereocenters. The Morgan fingerprint density at radius 2 is 2.21 bits per heavy atom. The molecule has 2 bridgehead atoms. The van der Waals surface area contributed by atoms with Gasteiger partial charge in [0.2, 0.25) is 5.91 Å². The van der Waals surface area contributed by atoms with Gasteiger partial charge in [0.15, 0.2) is 0 Å². The second kappa shape index (κ2) is 3.69.